The van der Waals surface area contributed by atoms with Gasteiger partial charge in [-0.15, -0.1) is 0 Å². The van der Waals surface area contributed by atoms with E-state index in [0.29, 0.717) is 21.7 Å². The van der Waals surface area contributed by atoms with E-state index in [1.807, 2.05) is 24.3 Å². The van der Waals surface area contributed by atoms with Gasteiger partial charge < -0.3 is 15.6 Å². The Hall–Kier alpha value is -2.24. The van der Waals surface area contributed by atoms with E-state index in [2.05, 4.69) is 15.6 Å². The predicted molar refractivity (Wildman–Crippen MR) is 110 cm³/mol. The minimum absolute atomic E-state index is 0.111. The van der Waals surface area contributed by atoms with Gasteiger partial charge in [-0.1, -0.05) is 41.8 Å². The number of halogens is 2. The van der Waals surface area contributed by atoms with Crippen LogP contribution in [-0.4, -0.2) is 22.0 Å². The van der Waals surface area contributed by atoms with E-state index in [0.717, 1.165) is 42.5 Å². The number of aromatic amines is 1. The zero-order chi connectivity index (χ0) is 18.8. The summed E-state index contributed by atoms with van der Waals surface area (Å²) < 4.78 is 0. The summed E-state index contributed by atoms with van der Waals surface area (Å²) in [5, 5.41) is 6.76. The molecule has 5 nitrogen and oxygen atoms in total. The molecule has 1 saturated carbocycles. The van der Waals surface area contributed by atoms with Crippen LogP contribution in [0.25, 0.3) is 11.0 Å². The van der Waals surface area contributed by atoms with Gasteiger partial charge in [0.05, 0.1) is 21.1 Å². The summed E-state index contributed by atoms with van der Waals surface area (Å²) in [7, 11) is 0. The molecule has 140 valence electrons. The van der Waals surface area contributed by atoms with Crippen LogP contribution in [-0.2, 0) is 0 Å². The number of urea groups is 1. The zero-order valence-electron chi connectivity index (χ0n) is 14.6. The van der Waals surface area contributed by atoms with Crippen molar-refractivity contribution in [3.05, 3.63) is 58.3 Å². The molecule has 1 aliphatic rings. The maximum Gasteiger partial charge on any atom is 0.319 e. The van der Waals surface area contributed by atoms with Crippen molar-refractivity contribution in [3.8, 4) is 0 Å². The topological polar surface area (TPSA) is 69.8 Å². The summed E-state index contributed by atoms with van der Waals surface area (Å²) in [4.78, 5) is 20.5. The third-order valence-electron chi connectivity index (χ3n) is 4.98. The Bertz CT molecular complexity index is 939. The Morgan fingerprint density at radius 1 is 1.11 bits per heavy atom. The van der Waals surface area contributed by atoms with Crippen LogP contribution in [0.2, 0.25) is 10.0 Å². The van der Waals surface area contributed by atoms with Gasteiger partial charge in [-0.2, -0.15) is 0 Å². The van der Waals surface area contributed by atoms with Gasteiger partial charge in [0.2, 0.25) is 0 Å². The van der Waals surface area contributed by atoms with Crippen molar-refractivity contribution in [2.75, 3.05) is 5.32 Å². The van der Waals surface area contributed by atoms with E-state index in [9.17, 15) is 4.79 Å². The molecule has 3 N–H and O–H groups in total. The fourth-order valence-corrected chi connectivity index (χ4v) is 3.96. The molecule has 0 saturated heterocycles. The lowest BCUT2D eigenvalue weighted by Gasteiger charge is -2.28. The van der Waals surface area contributed by atoms with Crippen LogP contribution in [0.1, 0.15) is 37.4 Å². The van der Waals surface area contributed by atoms with Crippen LogP contribution in [0.5, 0.6) is 0 Å². The Kier molecular flexibility index (Phi) is 5.23. The quantitative estimate of drug-likeness (QED) is 0.524. The number of hydrogen-bond acceptors (Lipinski definition) is 2. The second kappa shape index (κ2) is 7.79. The van der Waals surface area contributed by atoms with E-state index in [1.54, 1.807) is 18.2 Å². The molecule has 1 heterocycles. The fourth-order valence-electron chi connectivity index (χ4n) is 3.66. The number of nitrogens with one attached hydrogen (secondary N) is 3. The number of fused-ring (bicyclic) bond motifs is 1. The number of carbonyl (C=O) groups is 1. The number of rotatable bonds is 3. The van der Waals surface area contributed by atoms with Gasteiger partial charge in [0.25, 0.3) is 0 Å². The van der Waals surface area contributed by atoms with E-state index >= 15 is 0 Å². The first-order valence-electron chi connectivity index (χ1n) is 9.06. The van der Waals surface area contributed by atoms with Gasteiger partial charge in [-0.05, 0) is 49.6 Å². The first-order chi connectivity index (χ1) is 13.1. The molecule has 0 spiro atoms. The minimum Gasteiger partial charge on any atom is -0.342 e. The molecule has 2 amide bonds. The standard InChI is InChI=1S/C20H20Cl2N4O/c21-15-9-8-14(11-16(15)22)24-20(27)23-13-5-3-4-12(10-13)19-25-17-6-1-2-7-18(17)26-19/h1-2,6-9,11-13H,3-5,10H2,(H,25,26)(H2,23,24,27). The number of amides is 2. The van der Waals surface area contributed by atoms with Crippen molar-refractivity contribution in [2.24, 2.45) is 0 Å². The molecule has 0 bridgehead atoms. The van der Waals surface area contributed by atoms with E-state index in [-0.39, 0.29) is 12.1 Å². The molecular formula is C20H20Cl2N4O. The Labute approximate surface area is 167 Å². The van der Waals surface area contributed by atoms with Crippen molar-refractivity contribution in [1.29, 1.82) is 0 Å². The Morgan fingerprint density at radius 3 is 2.78 bits per heavy atom. The summed E-state index contributed by atoms with van der Waals surface area (Å²) in [5.41, 5.74) is 2.66. The van der Waals surface area contributed by atoms with E-state index in [4.69, 9.17) is 28.2 Å². The Balaban J connectivity index is 1.39. The van der Waals surface area contributed by atoms with Crippen molar-refractivity contribution >= 4 is 46.0 Å². The molecule has 1 fully saturated rings. The first kappa shape index (κ1) is 18.1. The molecule has 0 aliphatic heterocycles. The Morgan fingerprint density at radius 2 is 1.96 bits per heavy atom. The molecule has 1 aromatic heterocycles. The largest absolute Gasteiger partial charge is 0.342 e. The number of nitrogens with zero attached hydrogens (tertiary/aromatic N) is 1. The van der Waals surface area contributed by atoms with E-state index in [1.165, 1.54) is 0 Å². The average molecular weight is 403 g/mol. The zero-order valence-corrected chi connectivity index (χ0v) is 16.1. The van der Waals surface area contributed by atoms with Gasteiger partial charge in [-0.3, -0.25) is 0 Å². The predicted octanol–water partition coefficient (Wildman–Crippen LogP) is 5.72. The average Bonchev–Trinajstić information content (AvgIpc) is 3.09. The van der Waals surface area contributed by atoms with Crippen molar-refractivity contribution in [2.45, 2.75) is 37.6 Å². The maximum atomic E-state index is 12.3. The summed E-state index contributed by atoms with van der Waals surface area (Å²) in [5.74, 6) is 1.33. The van der Waals surface area contributed by atoms with Crippen molar-refractivity contribution in [1.82, 2.24) is 15.3 Å². The van der Waals surface area contributed by atoms with E-state index < -0.39 is 0 Å². The first-order valence-corrected chi connectivity index (χ1v) is 9.81. The number of anilines is 1. The summed E-state index contributed by atoms with van der Waals surface area (Å²) >= 11 is 11.9. The molecule has 2 unspecified atom stereocenters. The number of para-hydroxylation sites is 2. The molecule has 2 aromatic carbocycles. The van der Waals surface area contributed by atoms with Gasteiger partial charge >= 0.3 is 6.03 Å². The normalized spacial score (nSPS) is 19.8. The fraction of sp³-hybridized carbons (Fsp3) is 0.300. The second-order valence-electron chi connectivity index (χ2n) is 6.93. The second-order valence-corrected chi connectivity index (χ2v) is 7.74. The maximum absolute atomic E-state index is 12.3. The smallest absolute Gasteiger partial charge is 0.319 e. The summed E-state index contributed by atoms with van der Waals surface area (Å²) in [6, 6.07) is 13.0. The highest BCUT2D eigenvalue weighted by atomic mass is 35.5. The lowest BCUT2D eigenvalue weighted by molar-refractivity contribution is 0.242. The van der Waals surface area contributed by atoms with Crippen molar-refractivity contribution in [3.63, 3.8) is 0 Å². The van der Waals surface area contributed by atoms with Crippen LogP contribution < -0.4 is 10.6 Å². The number of hydrogen-bond donors (Lipinski definition) is 3. The highest BCUT2D eigenvalue weighted by Crippen LogP contribution is 2.32. The van der Waals surface area contributed by atoms with Crippen LogP contribution in [0.15, 0.2) is 42.5 Å². The third-order valence-corrected chi connectivity index (χ3v) is 5.72. The number of benzene rings is 2. The van der Waals surface area contributed by atoms with Crippen LogP contribution in [0, 0.1) is 0 Å². The van der Waals surface area contributed by atoms with Crippen LogP contribution >= 0.6 is 23.2 Å². The lowest BCUT2D eigenvalue weighted by Crippen LogP contribution is -2.40. The number of imidazole rings is 1. The van der Waals surface area contributed by atoms with Crippen molar-refractivity contribution < 1.29 is 4.79 Å². The lowest BCUT2D eigenvalue weighted by atomic mass is 9.85. The monoisotopic (exact) mass is 402 g/mol. The molecule has 3 aromatic rings. The molecule has 7 heteroatoms. The van der Waals surface area contributed by atoms with Gasteiger partial charge in [0.1, 0.15) is 5.82 Å². The third kappa shape index (κ3) is 4.20. The molecule has 1 aliphatic carbocycles. The highest BCUT2D eigenvalue weighted by molar-refractivity contribution is 6.42. The molecule has 2 atom stereocenters. The minimum atomic E-state index is -0.233. The summed E-state index contributed by atoms with van der Waals surface area (Å²) in [6.07, 6.45) is 3.96. The number of aromatic nitrogens is 2. The van der Waals surface area contributed by atoms with Gasteiger partial charge in [0, 0.05) is 17.6 Å². The number of carbonyl (C=O) groups excluding carboxylic acids is 1. The molecule has 4 rings (SSSR count). The van der Waals surface area contributed by atoms with Crippen LogP contribution in [0.4, 0.5) is 10.5 Å². The molecule has 0 radical (unpaired) electrons. The molecule has 27 heavy (non-hydrogen) atoms. The van der Waals surface area contributed by atoms with Crippen LogP contribution in [0.3, 0.4) is 0 Å². The SMILES string of the molecule is O=C(Nc1ccc(Cl)c(Cl)c1)NC1CCCC(c2nc3ccccc3[nH]2)C1. The molecular weight excluding hydrogens is 383 g/mol. The van der Waals surface area contributed by atoms with Gasteiger partial charge in [0.15, 0.2) is 0 Å². The highest BCUT2D eigenvalue weighted by Gasteiger charge is 2.26. The van der Waals surface area contributed by atoms with Gasteiger partial charge in [-0.25, -0.2) is 9.78 Å². The number of H-pyrrole nitrogens is 1. The summed E-state index contributed by atoms with van der Waals surface area (Å²) in [6.45, 7) is 0.